The Hall–Kier alpha value is -0.0500. The van der Waals surface area contributed by atoms with E-state index in [9.17, 15) is 0 Å². The molecule has 1 rings (SSSR count). The molecule has 0 N–H and O–H groups in total. The number of hydrogen-bond acceptors (Lipinski definition) is 2. The average Bonchev–Trinajstić information content (AvgIpc) is 2.04. The molecule has 0 saturated heterocycles. The van der Waals surface area contributed by atoms with Gasteiger partial charge in [0.05, 0.1) is 4.20 Å². The van der Waals surface area contributed by atoms with Crippen LogP contribution in [0, 0.1) is 0 Å². The average molecular weight is 203 g/mol. The van der Waals surface area contributed by atoms with Crippen molar-refractivity contribution in [3.8, 4) is 0 Å². The van der Waals surface area contributed by atoms with Gasteiger partial charge in [-0.05, 0) is 12.3 Å². The fourth-order valence-electron chi connectivity index (χ4n) is 0.737. The van der Waals surface area contributed by atoms with Gasteiger partial charge in [-0.1, -0.05) is 42.0 Å². The minimum absolute atomic E-state index is 0.729. The molecule has 0 spiro atoms. The molecule has 0 unspecified atom stereocenters. The van der Waals surface area contributed by atoms with Gasteiger partial charge in [-0.15, -0.1) is 11.8 Å². The first-order valence-electron chi connectivity index (χ1n) is 3.08. The van der Waals surface area contributed by atoms with Crippen LogP contribution in [-0.2, 0) is 0 Å². The van der Waals surface area contributed by atoms with Gasteiger partial charge in [-0.25, -0.2) is 0 Å². The Morgan fingerprint density at radius 2 is 2.09 bits per heavy atom. The molecule has 0 aliphatic heterocycles. The lowest BCUT2D eigenvalue weighted by Gasteiger charge is -2.01. The van der Waals surface area contributed by atoms with Crippen LogP contribution in [0.4, 0.5) is 0 Å². The lowest BCUT2D eigenvalue weighted by atomic mass is 10.2. The first kappa shape index (κ1) is 9.04. The summed E-state index contributed by atoms with van der Waals surface area (Å²) in [5, 5.41) is 0.729. The van der Waals surface area contributed by atoms with Crippen LogP contribution in [-0.4, -0.2) is 10.5 Å². The molecule has 0 atom stereocenters. The summed E-state index contributed by atoms with van der Waals surface area (Å²) in [6, 6.07) is 7.61. The second-order valence-electron chi connectivity index (χ2n) is 1.97. The summed E-state index contributed by atoms with van der Waals surface area (Å²) in [6.45, 7) is 0. The van der Waals surface area contributed by atoms with Crippen LogP contribution >= 0.6 is 35.6 Å². The predicted molar refractivity (Wildman–Crippen MR) is 56.7 cm³/mol. The van der Waals surface area contributed by atoms with Crippen molar-refractivity contribution in [2.45, 2.75) is 0 Å². The van der Waals surface area contributed by atoms with Crippen molar-refractivity contribution in [3.05, 3.63) is 34.9 Å². The highest BCUT2D eigenvalue weighted by Crippen LogP contribution is 2.20. The van der Waals surface area contributed by atoms with Gasteiger partial charge in [0.25, 0.3) is 0 Å². The molecule has 0 radical (unpaired) electrons. The number of halogens is 1. The Balaban J connectivity index is 3.03. The van der Waals surface area contributed by atoms with Crippen LogP contribution in [0.3, 0.4) is 0 Å². The van der Waals surface area contributed by atoms with Crippen molar-refractivity contribution >= 4 is 39.8 Å². The highest BCUT2D eigenvalue weighted by Gasteiger charge is 2.02. The zero-order chi connectivity index (χ0) is 8.27. The van der Waals surface area contributed by atoms with Crippen molar-refractivity contribution in [2.75, 3.05) is 6.26 Å². The SMILES string of the molecule is CSC(=S)c1ccccc1Cl. The molecule has 0 saturated carbocycles. The fraction of sp³-hybridized carbons (Fsp3) is 0.125. The summed E-state index contributed by atoms with van der Waals surface area (Å²) >= 11 is 12.5. The molecule has 0 aliphatic carbocycles. The zero-order valence-electron chi connectivity index (χ0n) is 6.00. The quantitative estimate of drug-likeness (QED) is 0.641. The fourth-order valence-corrected chi connectivity index (χ4v) is 1.65. The second-order valence-corrected chi connectivity index (χ2v) is 3.86. The predicted octanol–water partition coefficient (Wildman–Crippen LogP) is 3.38. The van der Waals surface area contributed by atoms with E-state index in [1.165, 1.54) is 11.8 Å². The lowest BCUT2D eigenvalue weighted by molar-refractivity contribution is 1.68. The Labute approximate surface area is 80.9 Å². The van der Waals surface area contributed by atoms with Crippen molar-refractivity contribution < 1.29 is 0 Å². The Morgan fingerprint density at radius 1 is 1.45 bits per heavy atom. The Morgan fingerprint density at radius 3 is 2.64 bits per heavy atom. The van der Waals surface area contributed by atoms with Gasteiger partial charge in [-0.3, -0.25) is 0 Å². The molecule has 0 aliphatic rings. The maximum Gasteiger partial charge on any atom is 0.0790 e. The molecule has 0 fully saturated rings. The van der Waals surface area contributed by atoms with E-state index < -0.39 is 0 Å². The van der Waals surface area contributed by atoms with E-state index in [-0.39, 0.29) is 0 Å². The monoisotopic (exact) mass is 202 g/mol. The van der Waals surface area contributed by atoms with Gasteiger partial charge in [0, 0.05) is 10.6 Å². The number of thiocarbonyl (C=S) groups is 1. The molecule has 58 valence electrons. The van der Waals surface area contributed by atoms with E-state index in [0.717, 1.165) is 14.8 Å². The minimum atomic E-state index is 0.729. The van der Waals surface area contributed by atoms with E-state index in [4.69, 9.17) is 23.8 Å². The maximum absolute atomic E-state index is 5.90. The normalized spacial score (nSPS) is 9.64. The maximum atomic E-state index is 5.90. The van der Waals surface area contributed by atoms with E-state index in [1.807, 2.05) is 30.5 Å². The standard InChI is InChI=1S/C8H7ClS2/c1-11-8(10)6-4-2-3-5-7(6)9/h2-5H,1H3. The van der Waals surface area contributed by atoms with Gasteiger partial charge >= 0.3 is 0 Å². The number of benzene rings is 1. The van der Waals surface area contributed by atoms with E-state index in [1.54, 1.807) is 0 Å². The molecule has 0 nitrogen and oxygen atoms in total. The van der Waals surface area contributed by atoms with Gasteiger partial charge in [0.1, 0.15) is 0 Å². The largest absolute Gasteiger partial charge is 0.117 e. The first-order chi connectivity index (χ1) is 5.25. The summed E-state index contributed by atoms with van der Waals surface area (Å²) in [7, 11) is 0. The van der Waals surface area contributed by atoms with Crippen molar-refractivity contribution in [3.63, 3.8) is 0 Å². The van der Waals surface area contributed by atoms with Gasteiger partial charge in [0.2, 0.25) is 0 Å². The van der Waals surface area contributed by atoms with Crippen molar-refractivity contribution in [2.24, 2.45) is 0 Å². The number of thioether (sulfide) groups is 1. The Kier molecular flexibility index (Phi) is 3.37. The second kappa shape index (κ2) is 4.10. The summed E-state index contributed by atoms with van der Waals surface area (Å²) in [6.07, 6.45) is 1.95. The number of hydrogen-bond donors (Lipinski definition) is 0. The van der Waals surface area contributed by atoms with E-state index in [2.05, 4.69) is 0 Å². The van der Waals surface area contributed by atoms with Crippen LogP contribution < -0.4 is 0 Å². The van der Waals surface area contributed by atoms with Crippen molar-refractivity contribution in [1.82, 2.24) is 0 Å². The van der Waals surface area contributed by atoms with E-state index >= 15 is 0 Å². The van der Waals surface area contributed by atoms with Crippen LogP contribution in [0.25, 0.3) is 0 Å². The molecule has 1 aromatic carbocycles. The highest BCUT2D eigenvalue weighted by molar-refractivity contribution is 8.23. The van der Waals surface area contributed by atoms with Crippen LogP contribution in [0.15, 0.2) is 24.3 Å². The van der Waals surface area contributed by atoms with Gasteiger partial charge in [0.15, 0.2) is 0 Å². The van der Waals surface area contributed by atoms with Crippen LogP contribution in [0.1, 0.15) is 5.56 Å². The highest BCUT2D eigenvalue weighted by atomic mass is 35.5. The van der Waals surface area contributed by atoms with Crippen LogP contribution in [0.5, 0.6) is 0 Å². The molecule has 0 bridgehead atoms. The molecular formula is C8H7ClS2. The molecule has 3 heteroatoms. The topological polar surface area (TPSA) is 0 Å². The van der Waals surface area contributed by atoms with Crippen LogP contribution in [0.2, 0.25) is 5.02 Å². The summed E-state index contributed by atoms with van der Waals surface area (Å²) in [5.41, 5.74) is 0.955. The van der Waals surface area contributed by atoms with Gasteiger partial charge in [-0.2, -0.15) is 0 Å². The molecular weight excluding hydrogens is 196 g/mol. The van der Waals surface area contributed by atoms with E-state index in [0.29, 0.717) is 0 Å². The summed E-state index contributed by atoms with van der Waals surface area (Å²) in [5.74, 6) is 0. The summed E-state index contributed by atoms with van der Waals surface area (Å²) < 4.78 is 0.843. The first-order valence-corrected chi connectivity index (χ1v) is 5.09. The molecule has 0 amide bonds. The lowest BCUT2D eigenvalue weighted by Crippen LogP contribution is -1.90. The third kappa shape index (κ3) is 2.19. The van der Waals surface area contributed by atoms with Crippen molar-refractivity contribution in [1.29, 1.82) is 0 Å². The third-order valence-corrected chi connectivity index (χ3v) is 2.92. The summed E-state index contributed by atoms with van der Waals surface area (Å²) in [4.78, 5) is 0. The smallest absolute Gasteiger partial charge is 0.0790 e. The third-order valence-electron chi connectivity index (χ3n) is 1.28. The van der Waals surface area contributed by atoms with Gasteiger partial charge < -0.3 is 0 Å². The zero-order valence-corrected chi connectivity index (χ0v) is 8.39. The molecule has 0 heterocycles. The molecule has 1 aromatic rings. The molecule has 11 heavy (non-hydrogen) atoms. The Bertz CT molecular complexity index is 271. The number of rotatable bonds is 1. The minimum Gasteiger partial charge on any atom is -0.117 e. The molecule has 0 aromatic heterocycles.